The van der Waals surface area contributed by atoms with Crippen molar-refractivity contribution in [3.05, 3.63) is 17.7 Å². The van der Waals surface area contributed by atoms with Crippen molar-refractivity contribution in [1.82, 2.24) is 0 Å². The third-order valence-corrected chi connectivity index (χ3v) is 8.73. The maximum absolute atomic E-state index is 7.00. The standard InChI is InChI=1S/C25H36O6/c1-14-7-8-18-15(2)23(22-19(27-5)11-16(26-4)12-20(22)28-6)29-21-13-24(3)10-9-17(14)25(18,21)31-30-24/h11-12,14-15,17-18,21,23H,7-10,13H2,1-6H3/t14-,15?,17?,18?,21?,23?,24+,25-/m1/s1. The molecule has 2 saturated carbocycles. The largest absolute Gasteiger partial charge is 0.496 e. The number of methoxy groups -OCH3 is 3. The highest BCUT2D eigenvalue weighted by Crippen LogP contribution is 2.64. The average molecular weight is 433 g/mol. The fourth-order valence-corrected chi connectivity index (χ4v) is 7.10. The van der Waals surface area contributed by atoms with Gasteiger partial charge in [-0.1, -0.05) is 13.8 Å². The van der Waals surface area contributed by atoms with E-state index in [1.165, 1.54) is 6.42 Å². The lowest BCUT2D eigenvalue weighted by Gasteiger charge is -2.61. The summed E-state index contributed by atoms with van der Waals surface area (Å²) in [6.07, 6.45) is 5.21. The molecule has 6 heteroatoms. The Balaban J connectivity index is 1.61. The normalized spacial score (nSPS) is 43.7. The van der Waals surface area contributed by atoms with Gasteiger partial charge in [-0.3, -0.25) is 0 Å². The second-order valence-electron chi connectivity index (χ2n) is 10.3. The summed E-state index contributed by atoms with van der Waals surface area (Å²) in [4.78, 5) is 12.5. The van der Waals surface area contributed by atoms with E-state index in [4.69, 9.17) is 28.7 Å². The highest BCUT2D eigenvalue weighted by Gasteiger charge is 2.68. The van der Waals surface area contributed by atoms with Gasteiger partial charge in [0.1, 0.15) is 28.5 Å². The fraction of sp³-hybridized carbons (Fsp3) is 0.760. The highest BCUT2D eigenvalue weighted by molar-refractivity contribution is 5.52. The zero-order valence-corrected chi connectivity index (χ0v) is 19.6. The summed E-state index contributed by atoms with van der Waals surface area (Å²) in [7, 11) is 5.04. The van der Waals surface area contributed by atoms with E-state index >= 15 is 0 Å². The molecule has 31 heavy (non-hydrogen) atoms. The van der Waals surface area contributed by atoms with Crippen LogP contribution in [0.25, 0.3) is 0 Å². The molecular weight excluding hydrogens is 396 g/mol. The Morgan fingerprint density at radius 2 is 1.61 bits per heavy atom. The Kier molecular flexibility index (Phi) is 5.19. The van der Waals surface area contributed by atoms with Crippen LogP contribution in [0.1, 0.15) is 64.5 Å². The van der Waals surface area contributed by atoms with Crippen molar-refractivity contribution in [3.63, 3.8) is 0 Å². The van der Waals surface area contributed by atoms with Crippen LogP contribution in [0.2, 0.25) is 0 Å². The molecule has 3 aliphatic heterocycles. The predicted octanol–water partition coefficient (Wildman–Crippen LogP) is 5.09. The van der Waals surface area contributed by atoms with Gasteiger partial charge in [0, 0.05) is 18.6 Å². The summed E-state index contributed by atoms with van der Waals surface area (Å²) < 4.78 is 24.1. The van der Waals surface area contributed by atoms with E-state index in [1.807, 2.05) is 12.1 Å². The number of hydrogen-bond donors (Lipinski definition) is 0. The maximum atomic E-state index is 7.00. The molecule has 0 amide bonds. The van der Waals surface area contributed by atoms with Crippen molar-refractivity contribution >= 4 is 0 Å². The highest BCUT2D eigenvalue weighted by atomic mass is 17.2. The molecule has 1 spiro atoms. The predicted molar refractivity (Wildman–Crippen MR) is 115 cm³/mol. The molecule has 0 aromatic heterocycles. The van der Waals surface area contributed by atoms with Crippen LogP contribution in [-0.4, -0.2) is 38.6 Å². The van der Waals surface area contributed by atoms with Gasteiger partial charge in [0.15, 0.2) is 0 Å². The third-order valence-electron chi connectivity index (χ3n) is 8.73. The number of fused-ring (bicyclic) bond motifs is 2. The molecule has 5 unspecified atom stereocenters. The second kappa shape index (κ2) is 7.53. The summed E-state index contributed by atoms with van der Waals surface area (Å²) in [6, 6.07) is 3.84. The van der Waals surface area contributed by atoms with Crippen LogP contribution in [0.4, 0.5) is 0 Å². The number of benzene rings is 1. The van der Waals surface area contributed by atoms with Crippen molar-refractivity contribution in [3.8, 4) is 17.2 Å². The van der Waals surface area contributed by atoms with Crippen molar-refractivity contribution in [2.45, 2.75) is 76.3 Å². The fourth-order valence-electron chi connectivity index (χ4n) is 7.10. The van der Waals surface area contributed by atoms with E-state index < -0.39 is 0 Å². The minimum atomic E-state index is -0.365. The number of rotatable bonds is 4. The molecule has 0 radical (unpaired) electrons. The minimum Gasteiger partial charge on any atom is -0.496 e. The van der Waals surface area contributed by atoms with Gasteiger partial charge in [0.2, 0.25) is 0 Å². The van der Waals surface area contributed by atoms with Crippen LogP contribution in [0.15, 0.2) is 12.1 Å². The molecule has 6 nitrogen and oxygen atoms in total. The molecule has 3 saturated heterocycles. The lowest BCUT2D eigenvalue weighted by molar-refractivity contribution is -0.488. The molecule has 6 rings (SSSR count). The number of hydrogen-bond acceptors (Lipinski definition) is 6. The van der Waals surface area contributed by atoms with Gasteiger partial charge in [0.05, 0.1) is 39.1 Å². The van der Waals surface area contributed by atoms with Crippen molar-refractivity contribution < 1.29 is 28.7 Å². The van der Waals surface area contributed by atoms with Gasteiger partial charge in [-0.05, 0) is 56.3 Å². The van der Waals surface area contributed by atoms with E-state index in [1.54, 1.807) is 21.3 Å². The Labute approximate surface area is 185 Å². The molecule has 0 N–H and O–H groups in total. The first-order valence-corrected chi connectivity index (χ1v) is 11.7. The van der Waals surface area contributed by atoms with Crippen LogP contribution in [0, 0.1) is 23.7 Å². The minimum absolute atomic E-state index is 0.00999. The quantitative estimate of drug-likeness (QED) is 0.618. The first-order chi connectivity index (χ1) is 14.9. The Morgan fingerprint density at radius 3 is 2.26 bits per heavy atom. The molecule has 1 aromatic rings. The molecule has 5 aliphatic rings. The monoisotopic (exact) mass is 432 g/mol. The maximum Gasteiger partial charge on any atom is 0.136 e. The molecule has 3 heterocycles. The SMILES string of the molecule is COc1cc(OC)c(C2OC3C[C@]4(C)CCC5[C@H](C)CCC(C2C)[C@@]35OO4)c(OC)c1. The van der Waals surface area contributed by atoms with Crippen molar-refractivity contribution in [2.75, 3.05) is 21.3 Å². The van der Waals surface area contributed by atoms with E-state index in [2.05, 4.69) is 20.8 Å². The molecule has 1 aromatic carbocycles. The molecule has 5 fully saturated rings. The van der Waals surface area contributed by atoms with Crippen LogP contribution >= 0.6 is 0 Å². The topological polar surface area (TPSA) is 55.4 Å². The average Bonchev–Trinajstić information content (AvgIpc) is 3.01. The third kappa shape index (κ3) is 3.01. The van der Waals surface area contributed by atoms with Crippen LogP contribution in [0.5, 0.6) is 17.2 Å². The van der Waals surface area contributed by atoms with Gasteiger partial charge in [-0.2, -0.15) is 0 Å². The molecule has 2 bridgehead atoms. The van der Waals surface area contributed by atoms with E-state index in [9.17, 15) is 0 Å². The van der Waals surface area contributed by atoms with Crippen LogP contribution < -0.4 is 14.2 Å². The van der Waals surface area contributed by atoms with Crippen molar-refractivity contribution in [1.29, 1.82) is 0 Å². The summed E-state index contributed by atoms with van der Waals surface area (Å²) in [5, 5.41) is 0. The van der Waals surface area contributed by atoms with Gasteiger partial charge in [0.25, 0.3) is 0 Å². The molecule has 172 valence electrons. The summed E-state index contributed by atoms with van der Waals surface area (Å²) in [6.45, 7) is 6.84. The Morgan fingerprint density at radius 1 is 0.903 bits per heavy atom. The van der Waals surface area contributed by atoms with E-state index in [0.29, 0.717) is 23.5 Å². The second-order valence-corrected chi connectivity index (χ2v) is 10.3. The lowest BCUT2D eigenvalue weighted by atomic mass is 9.55. The smallest absolute Gasteiger partial charge is 0.136 e. The molecular formula is C25H36O6. The van der Waals surface area contributed by atoms with Gasteiger partial charge in [-0.15, -0.1) is 0 Å². The Bertz CT molecular complexity index is 816. The number of ether oxygens (including phenoxy) is 4. The zero-order chi connectivity index (χ0) is 22.0. The van der Waals surface area contributed by atoms with Gasteiger partial charge < -0.3 is 18.9 Å². The summed E-state index contributed by atoms with van der Waals surface area (Å²) in [5.41, 5.74) is 0.308. The van der Waals surface area contributed by atoms with Gasteiger partial charge in [-0.25, -0.2) is 9.78 Å². The van der Waals surface area contributed by atoms with E-state index in [-0.39, 0.29) is 29.3 Å². The van der Waals surface area contributed by atoms with E-state index in [0.717, 1.165) is 42.7 Å². The molecule has 2 aliphatic carbocycles. The van der Waals surface area contributed by atoms with Crippen molar-refractivity contribution in [2.24, 2.45) is 23.7 Å². The van der Waals surface area contributed by atoms with Gasteiger partial charge >= 0.3 is 0 Å². The van der Waals surface area contributed by atoms with Crippen LogP contribution in [0.3, 0.4) is 0 Å². The first kappa shape index (κ1) is 21.4. The first-order valence-electron chi connectivity index (χ1n) is 11.7. The Hall–Kier alpha value is -1.50. The summed E-state index contributed by atoms with van der Waals surface area (Å²) in [5.74, 6) is 3.86. The molecule has 8 atom stereocenters. The summed E-state index contributed by atoms with van der Waals surface area (Å²) >= 11 is 0. The van der Waals surface area contributed by atoms with Crippen LogP contribution in [-0.2, 0) is 14.5 Å². The zero-order valence-electron chi connectivity index (χ0n) is 19.6. The lowest BCUT2D eigenvalue weighted by Crippen LogP contribution is -2.68.